The molecule has 0 aliphatic carbocycles. The normalized spacial score (nSPS) is 16.8. The van der Waals surface area contributed by atoms with Crippen molar-refractivity contribution in [3.8, 4) is 0 Å². The van der Waals surface area contributed by atoms with E-state index in [2.05, 4.69) is 6.92 Å². The first kappa shape index (κ1) is 23.0. The van der Waals surface area contributed by atoms with Gasteiger partial charge in [-0.1, -0.05) is 84.0 Å². The molecule has 1 aliphatic rings. The number of ether oxygens (including phenoxy) is 1. The molecule has 4 nitrogen and oxygen atoms in total. The zero-order chi connectivity index (χ0) is 19.0. The number of rotatable bonds is 15. The third-order valence-electron chi connectivity index (χ3n) is 5.54. The summed E-state index contributed by atoms with van der Waals surface area (Å²) in [4.78, 5) is 25.7. The molecule has 1 saturated heterocycles. The van der Waals surface area contributed by atoms with Gasteiger partial charge in [0.15, 0.2) is 0 Å². The third-order valence-corrected chi connectivity index (χ3v) is 5.54. The lowest BCUT2D eigenvalue weighted by Crippen LogP contribution is -2.40. The molecule has 0 aromatic rings. The molecule has 26 heavy (non-hydrogen) atoms. The molecule has 0 bridgehead atoms. The number of nitrogens with zero attached hydrogens (tertiary/aromatic N) is 1. The first-order valence-electron chi connectivity index (χ1n) is 11.1. The van der Waals surface area contributed by atoms with E-state index in [1.54, 1.807) is 4.90 Å². The molecule has 1 atom stereocenters. The number of carbonyl (C=O) groups is 2. The zero-order valence-electron chi connectivity index (χ0n) is 17.3. The predicted octanol–water partition coefficient (Wildman–Crippen LogP) is 5.63. The highest BCUT2D eigenvalue weighted by Gasteiger charge is 2.34. The van der Waals surface area contributed by atoms with Crippen LogP contribution in [0, 0.1) is 0 Å². The molecule has 1 rings (SSSR count). The molecule has 1 aliphatic heterocycles. The average molecular weight is 368 g/mol. The van der Waals surface area contributed by atoms with Gasteiger partial charge in [0.05, 0.1) is 7.11 Å². The van der Waals surface area contributed by atoms with E-state index in [1.807, 2.05) is 0 Å². The quantitative estimate of drug-likeness (QED) is 0.278. The molecule has 0 radical (unpaired) electrons. The van der Waals surface area contributed by atoms with Gasteiger partial charge in [0.1, 0.15) is 6.04 Å². The fourth-order valence-electron chi connectivity index (χ4n) is 3.88. The number of esters is 1. The molecular formula is C22H41NO3. The van der Waals surface area contributed by atoms with Gasteiger partial charge < -0.3 is 9.64 Å². The minimum atomic E-state index is -0.338. The van der Waals surface area contributed by atoms with Crippen molar-refractivity contribution in [2.75, 3.05) is 13.7 Å². The summed E-state index contributed by atoms with van der Waals surface area (Å²) in [5, 5.41) is 0. The largest absolute Gasteiger partial charge is 0.467 e. The van der Waals surface area contributed by atoms with E-state index in [1.165, 1.54) is 77.7 Å². The first-order valence-corrected chi connectivity index (χ1v) is 11.1. The second-order valence-electron chi connectivity index (χ2n) is 7.76. The van der Waals surface area contributed by atoms with Crippen LogP contribution in [-0.2, 0) is 14.3 Å². The Hall–Kier alpha value is -1.06. The SMILES string of the molecule is CCCCCCCCCCCCCCCC(=O)N1CCC[C@H]1C(=O)OC. The number of unbranched alkanes of at least 4 members (excludes halogenated alkanes) is 12. The van der Waals surface area contributed by atoms with Gasteiger partial charge >= 0.3 is 5.97 Å². The second kappa shape index (κ2) is 15.0. The molecule has 0 unspecified atom stereocenters. The van der Waals surface area contributed by atoms with Gasteiger partial charge in [0.25, 0.3) is 0 Å². The van der Waals surface area contributed by atoms with E-state index in [4.69, 9.17) is 4.74 Å². The monoisotopic (exact) mass is 367 g/mol. The lowest BCUT2D eigenvalue weighted by Gasteiger charge is -2.22. The summed E-state index contributed by atoms with van der Waals surface area (Å²) in [6.07, 6.45) is 19.2. The summed E-state index contributed by atoms with van der Waals surface area (Å²) >= 11 is 0. The topological polar surface area (TPSA) is 46.6 Å². The fourth-order valence-corrected chi connectivity index (χ4v) is 3.88. The molecular weight excluding hydrogens is 326 g/mol. The van der Waals surface area contributed by atoms with Gasteiger partial charge in [0.2, 0.25) is 5.91 Å². The Morgan fingerprint density at radius 3 is 1.85 bits per heavy atom. The molecule has 1 heterocycles. The Morgan fingerprint density at radius 2 is 1.35 bits per heavy atom. The van der Waals surface area contributed by atoms with Gasteiger partial charge in [-0.05, 0) is 19.3 Å². The van der Waals surface area contributed by atoms with E-state index in [0.29, 0.717) is 13.0 Å². The van der Waals surface area contributed by atoms with Crippen molar-refractivity contribution in [2.24, 2.45) is 0 Å². The fraction of sp³-hybridized carbons (Fsp3) is 0.909. The molecule has 0 aromatic heterocycles. The highest BCUT2D eigenvalue weighted by atomic mass is 16.5. The number of amides is 1. The Morgan fingerprint density at radius 1 is 0.846 bits per heavy atom. The van der Waals surface area contributed by atoms with Crippen LogP contribution in [0.15, 0.2) is 0 Å². The van der Waals surface area contributed by atoms with Crippen LogP contribution in [-0.4, -0.2) is 36.5 Å². The maximum atomic E-state index is 12.3. The van der Waals surface area contributed by atoms with Gasteiger partial charge in [-0.25, -0.2) is 4.79 Å². The van der Waals surface area contributed by atoms with Crippen molar-refractivity contribution < 1.29 is 14.3 Å². The minimum Gasteiger partial charge on any atom is -0.467 e. The van der Waals surface area contributed by atoms with E-state index in [9.17, 15) is 9.59 Å². The van der Waals surface area contributed by atoms with E-state index >= 15 is 0 Å². The summed E-state index contributed by atoms with van der Waals surface area (Å²) in [5.74, 6) is -0.137. The number of methoxy groups -OCH3 is 1. The molecule has 152 valence electrons. The summed E-state index contributed by atoms with van der Waals surface area (Å²) < 4.78 is 4.80. The molecule has 1 fully saturated rings. The molecule has 1 amide bonds. The number of hydrogen-bond donors (Lipinski definition) is 0. The van der Waals surface area contributed by atoms with Crippen LogP contribution >= 0.6 is 0 Å². The van der Waals surface area contributed by atoms with E-state index < -0.39 is 0 Å². The average Bonchev–Trinajstić information content (AvgIpc) is 3.14. The smallest absolute Gasteiger partial charge is 0.328 e. The standard InChI is InChI=1S/C22H41NO3/c1-3-4-5-6-7-8-9-10-11-12-13-14-15-18-21(24)23-19-16-17-20(23)22(25)26-2/h20H,3-19H2,1-2H3/t20-/m0/s1. The summed E-state index contributed by atoms with van der Waals surface area (Å²) in [7, 11) is 1.40. The zero-order valence-corrected chi connectivity index (χ0v) is 17.3. The van der Waals surface area contributed by atoms with Crippen LogP contribution in [0.5, 0.6) is 0 Å². The summed E-state index contributed by atoms with van der Waals surface area (Å²) in [6.45, 7) is 2.97. The molecule has 0 saturated carbocycles. The van der Waals surface area contributed by atoms with Crippen LogP contribution in [0.1, 0.15) is 110 Å². The van der Waals surface area contributed by atoms with E-state index in [0.717, 1.165) is 25.7 Å². The second-order valence-corrected chi connectivity index (χ2v) is 7.76. The lowest BCUT2D eigenvalue weighted by atomic mass is 10.0. The van der Waals surface area contributed by atoms with Crippen LogP contribution < -0.4 is 0 Å². The lowest BCUT2D eigenvalue weighted by molar-refractivity contribution is -0.151. The predicted molar refractivity (Wildman–Crippen MR) is 107 cm³/mol. The number of carbonyl (C=O) groups excluding carboxylic acids is 2. The maximum Gasteiger partial charge on any atom is 0.328 e. The highest BCUT2D eigenvalue weighted by molar-refractivity contribution is 5.85. The van der Waals surface area contributed by atoms with Gasteiger partial charge in [0, 0.05) is 13.0 Å². The summed E-state index contributed by atoms with van der Waals surface area (Å²) in [6, 6.07) is -0.338. The van der Waals surface area contributed by atoms with Crippen molar-refractivity contribution in [1.82, 2.24) is 4.90 Å². The van der Waals surface area contributed by atoms with Crippen molar-refractivity contribution in [3.63, 3.8) is 0 Å². The minimum absolute atomic E-state index is 0.126. The van der Waals surface area contributed by atoms with Crippen molar-refractivity contribution in [1.29, 1.82) is 0 Å². The molecule has 0 aromatic carbocycles. The molecule has 0 N–H and O–H groups in total. The third kappa shape index (κ3) is 9.59. The maximum absolute atomic E-state index is 12.3. The molecule has 4 heteroatoms. The Bertz CT molecular complexity index is 384. The van der Waals surface area contributed by atoms with E-state index in [-0.39, 0.29) is 17.9 Å². The van der Waals surface area contributed by atoms with Crippen LogP contribution in [0.25, 0.3) is 0 Å². The number of hydrogen-bond acceptors (Lipinski definition) is 3. The van der Waals surface area contributed by atoms with Crippen LogP contribution in [0.3, 0.4) is 0 Å². The highest BCUT2D eigenvalue weighted by Crippen LogP contribution is 2.20. The summed E-state index contributed by atoms with van der Waals surface area (Å²) in [5.41, 5.74) is 0. The van der Waals surface area contributed by atoms with Crippen LogP contribution in [0.2, 0.25) is 0 Å². The van der Waals surface area contributed by atoms with Crippen LogP contribution in [0.4, 0.5) is 0 Å². The number of likely N-dealkylation sites (tertiary alicyclic amines) is 1. The Balaban J connectivity index is 1.92. The van der Waals surface area contributed by atoms with Gasteiger partial charge in [-0.15, -0.1) is 0 Å². The van der Waals surface area contributed by atoms with Crippen molar-refractivity contribution >= 4 is 11.9 Å². The van der Waals surface area contributed by atoms with Crippen molar-refractivity contribution in [3.05, 3.63) is 0 Å². The van der Waals surface area contributed by atoms with Gasteiger partial charge in [-0.2, -0.15) is 0 Å². The molecule has 0 spiro atoms. The Labute approximate surface area is 161 Å². The van der Waals surface area contributed by atoms with Crippen molar-refractivity contribution in [2.45, 2.75) is 116 Å². The first-order chi connectivity index (χ1) is 12.7. The Kier molecular flexibility index (Phi) is 13.3. The van der Waals surface area contributed by atoms with Gasteiger partial charge in [-0.3, -0.25) is 4.79 Å².